The van der Waals surface area contributed by atoms with E-state index < -0.39 is 6.10 Å². The Hall–Kier alpha value is -2.70. The van der Waals surface area contributed by atoms with Gasteiger partial charge in [-0.25, -0.2) is 15.0 Å². The number of nitrogens with zero attached hydrogens (tertiary/aromatic N) is 5. The number of aliphatic hydroxyl groups excluding tert-OH is 1. The number of nitrogens with one attached hydrogen (secondary N) is 1. The first-order chi connectivity index (χ1) is 20.5. The van der Waals surface area contributed by atoms with Crippen LogP contribution in [0.4, 0.5) is 5.13 Å². The number of aromatic nitrogens is 3. The molecule has 3 saturated carbocycles. The van der Waals surface area contributed by atoms with Gasteiger partial charge in [0.05, 0.1) is 29.5 Å². The van der Waals surface area contributed by atoms with Crippen molar-refractivity contribution in [3.05, 3.63) is 30.4 Å². The number of thiazole rings is 1. The van der Waals surface area contributed by atoms with E-state index in [-0.39, 0.29) is 24.5 Å². The summed E-state index contributed by atoms with van der Waals surface area (Å²) >= 11 is 1.43. The lowest BCUT2D eigenvalue weighted by Gasteiger charge is -2.49. The molecule has 1 aliphatic heterocycles. The van der Waals surface area contributed by atoms with Gasteiger partial charge in [-0.3, -0.25) is 14.6 Å². The molecule has 3 atom stereocenters. The number of hydrogen-bond acceptors (Lipinski definition) is 10. The molecule has 3 heterocycles. The fourth-order valence-corrected chi connectivity index (χ4v) is 7.89. The van der Waals surface area contributed by atoms with E-state index in [9.17, 15) is 9.90 Å². The molecule has 1 amide bonds. The maximum atomic E-state index is 13.1. The van der Waals surface area contributed by atoms with Gasteiger partial charge in [-0.2, -0.15) is 0 Å². The summed E-state index contributed by atoms with van der Waals surface area (Å²) in [6, 6.07) is 5.79. The number of carbonyl (C=O) groups excluding carboxylic acids is 1. The monoisotopic (exact) mass is 592 g/mol. The molecule has 0 spiro atoms. The van der Waals surface area contributed by atoms with Crippen molar-refractivity contribution >= 4 is 32.6 Å². The SMILES string of the molecule is COc1c(-c2cnc(CO[C@H]3CCC[C@@H]3O)nc2)ccc2nc(NC(=O)C3CC(N4CCN(C5CC5)C[C@@H]4C)C3)sc12. The standard InChI is InChI=1S/C31H40N6O4S/c1-18-16-36(21-6-7-21)10-11-37(18)22-12-19(13-22)30(39)35-31-34-24-9-8-23(28(40-2)29(24)42-31)20-14-32-27(33-15-20)17-41-26-5-3-4-25(26)38/h8-9,14-15,18-19,21-22,25-26,38H,3-7,10-13,16-17H2,1-2H3,(H,34,35,39)/t18-,19?,22?,25-,26-/m0/s1. The molecule has 3 aromatic rings. The van der Waals surface area contributed by atoms with E-state index >= 15 is 0 Å². The lowest BCUT2D eigenvalue weighted by Crippen LogP contribution is -2.59. The van der Waals surface area contributed by atoms with Crippen LogP contribution in [0.3, 0.4) is 0 Å². The summed E-state index contributed by atoms with van der Waals surface area (Å²) in [6.07, 6.45) is 10.2. The van der Waals surface area contributed by atoms with Crippen molar-refractivity contribution in [1.82, 2.24) is 24.8 Å². The molecule has 0 unspecified atom stereocenters. The number of piperazine rings is 1. The predicted octanol–water partition coefficient (Wildman–Crippen LogP) is 4.08. The van der Waals surface area contributed by atoms with Crippen LogP contribution in [0.1, 0.15) is 57.7 Å². The lowest BCUT2D eigenvalue weighted by molar-refractivity contribution is -0.125. The van der Waals surface area contributed by atoms with Crippen LogP contribution in [0.15, 0.2) is 24.5 Å². The van der Waals surface area contributed by atoms with Crippen LogP contribution in [0.5, 0.6) is 5.75 Å². The van der Waals surface area contributed by atoms with Crippen molar-refractivity contribution in [3.63, 3.8) is 0 Å². The van der Waals surface area contributed by atoms with Gasteiger partial charge in [0.2, 0.25) is 5.91 Å². The highest BCUT2D eigenvalue weighted by molar-refractivity contribution is 7.22. The number of amides is 1. The first kappa shape index (κ1) is 28.1. The average molecular weight is 593 g/mol. The van der Waals surface area contributed by atoms with Crippen molar-refractivity contribution < 1.29 is 19.4 Å². The maximum Gasteiger partial charge on any atom is 0.229 e. The van der Waals surface area contributed by atoms with Crippen molar-refractivity contribution in [2.24, 2.45) is 5.92 Å². The summed E-state index contributed by atoms with van der Waals surface area (Å²) in [7, 11) is 1.65. The van der Waals surface area contributed by atoms with Crippen LogP contribution in [-0.4, -0.2) is 92.8 Å². The van der Waals surface area contributed by atoms with Gasteiger partial charge in [0.15, 0.2) is 11.0 Å². The second kappa shape index (κ2) is 11.8. The minimum Gasteiger partial charge on any atom is -0.495 e. The first-order valence-electron chi connectivity index (χ1n) is 15.4. The molecule has 4 fully saturated rings. The number of aliphatic hydroxyl groups is 1. The quantitative estimate of drug-likeness (QED) is 0.380. The second-order valence-corrected chi connectivity index (χ2v) is 13.4. The molecular formula is C31H40N6O4S. The van der Waals surface area contributed by atoms with Gasteiger partial charge in [-0.15, -0.1) is 0 Å². The zero-order valence-electron chi connectivity index (χ0n) is 24.4. The normalized spacial score (nSPS) is 28.6. The Morgan fingerprint density at radius 3 is 2.62 bits per heavy atom. The highest BCUT2D eigenvalue weighted by Crippen LogP contribution is 2.42. The van der Waals surface area contributed by atoms with E-state index in [0.29, 0.717) is 28.8 Å². The molecule has 7 rings (SSSR count). The molecule has 10 nitrogen and oxygen atoms in total. The van der Waals surface area contributed by atoms with Crippen molar-refractivity contribution in [2.45, 2.75) is 88.8 Å². The fourth-order valence-electron chi connectivity index (χ4n) is 6.90. The summed E-state index contributed by atoms with van der Waals surface area (Å²) in [5.41, 5.74) is 2.47. The summed E-state index contributed by atoms with van der Waals surface area (Å²) in [5, 5.41) is 13.7. The van der Waals surface area contributed by atoms with Gasteiger partial charge in [0, 0.05) is 67.2 Å². The van der Waals surface area contributed by atoms with Gasteiger partial charge < -0.3 is 19.9 Å². The van der Waals surface area contributed by atoms with Gasteiger partial charge >= 0.3 is 0 Å². The Morgan fingerprint density at radius 2 is 1.93 bits per heavy atom. The van der Waals surface area contributed by atoms with E-state index in [2.05, 4.69) is 32.0 Å². The number of benzene rings is 1. The number of anilines is 1. The third kappa shape index (κ3) is 5.65. The molecular weight excluding hydrogens is 552 g/mol. The van der Waals surface area contributed by atoms with Crippen LogP contribution in [0, 0.1) is 5.92 Å². The van der Waals surface area contributed by atoms with Gasteiger partial charge in [-0.05, 0) is 64.0 Å². The van der Waals surface area contributed by atoms with Crippen LogP contribution in [0.25, 0.3) is 21.3 Å². The van der Waals surface area contributed by atoms with Crippen LogP contribution < -0.4 is 10.1 Å². The van der Waals surface area contributed by atoms with E-state index in [0.717, 1.165) is 79.1 Å². The minimum atomic E-state index is -0.401. The molecule has 2 N–H and O–H groups in total. The molecule has 1 aromatic carbocycles. The minimum absolute atomic E-state index is 0.0321. The molecule has 4 aliphatic rings. The number of carbonyl (C=O) groups is 1. The number of ether oxygens (including phenoxy) is 2. The van der Waals surface area contributed by atoms with Crippen molar-refractivity contribution in [1.29, 1.82) is 0 Å². The Morgan fingerprint density at radius 1 is 1.12 bits per heavy atom. The number of methoxy groups -OCH3 is 1. The second-order valence-electron chi connectivity index (χ2n) is 12.4. The molecule has 42 heavy (non-hydrogen) atoms. The Balaban J connectivity index is 0.974. The third-order valence-electron chi connectivity index (χ3n) is 9.53. The van der Waals surface area contributed by atoms with E-state index in [4.69, 9.17) is 14.5 Å². The smallest absolute Gasteiger partial charge is 0.229 e. The highest BCUT2D eigenvalue weighted by atomic mass is 32.1. The Kier molecular flexibility index (Phi) is 7.87. The summed E-state index contributed by atoms with van der Waals surface area (Å²) in [5.74, 6) is 1.36. The van der Waals surface area contributed by atoms with E-state index in [1.807, 2.05) is 12.1 Å². The molecule has 11 heteroatoms. The highest BCUT2D eigenvalue weighted by Gasteiger charge is 2.42. The largest absolute Gasteiger partial charge is 0.495 e. The maximum absolute atomic E-state index is 13.1. The predicted molar refractivity (Wildman–Crippen MR) is 162 cm³/mol. The van der Waals surface area contributed by atoms with E-state index in [1.54, 1.807) is 19.5 Å². The molecule has 1 saturated heterocycles. The van der Waals surface area contributed by atoms with Crippen LogP contribution in [-0.2, 0) is 16.1 Å². The summed E-state index contributed by atoms with van der Waals surface area (Å²) in [6.45, 7) is 6.04. The number of rotatable bonds is 9. The van der Waals surface area contributed by atoms with Gasteiger partial charge in [-0.1, -0.05) is 11.3 Å². The zero-order valence-corrected chi connectivity index (χ0v) is 25.2. The molecule has 224 valence electrons. The van der Waals surface area contributed by atoms with Crippen molar-refractivity contribution in [3.8, 4) is 16.9 Å². The van der Waals surface area contributed by atoms with Gasteiger partial charge in [0.1, 0.15) is 12.4 Å². The molecule has 3 aliphatic carbocycles. The third-order valence-corrected chi connectivity index (χ3v) is 10.5. The van der Waals surface area contributed by atoms with E-state index in [1.165, 1.54) is 24.2 Å². The zero-order chi connectivity index (χ0) is 28.8. The Labute approximate surface area is 250 Å². The number of fused-ring (bicyclic) bond motifs is 1. The summed E-state index contributed by atoms with van der Waals surface area (Å²) in [4.78, 5) is 32.1. The first-order valence-corrected chi connectivity index (χ1v) is 16.2. The topological polar surface area (TPSA) is 113 Å². The van der Waals surface area contributed by atoms with Gasteiger partial charge in [0.25, 0.3) is 0 Å². The Bertz CT molecular complexity index is 1420. The average Bonchev–Trinajstić information content (AvgIpc) is 3.62. The van der Waals surface area contributed by atoms with Crippen LogP contribution >= 0.6 is 11.3 Å². The molecule has 0 bridgehead atoms. The summed E-state index contributed by atoms with van der Waals surface area (Å²) < 4.78 is 12.5. The number of hydrogen-bond donors (Lipinski definition) is 2. The lowest BCUT2D eigenvalue weighted by atomic mass is 9.78. The van der Waals surface area contributed by atoms with Crippen molar-refractivity contribution in [2.75, 3.05) is 32.1 Å². The molecule has 0 radical (unpaired) electrons. The molecule has 2 aromatic heterocycles. The fraction of sp³-hybridized carbons (Fsp3) is 0.613. The van der Waals surface area contributed by atoms with Crippen LogP contribution in [0.2, 0.25) is 0 Å².